The fourth-order valence-electron chi connectivity index (χ4n) is 1.30. The van der Waals surface area contributed by atoms with Crippen molar-refractivity contribution in [3.8, 4) is 5.75 Å². The van der Waals surface area contributed by atoms with Gasteiger partial charge in [-0.25, -0.2) is 4.39 Å². The molecule has 1 heterocycles. The summed E-state index contributed by atoms with van der Waals surface area (Å²) >= 11 is 0. The Morgan fingerprint density at radius 3 is 2.31 bits per heavy atom. The Kier molecular flexibility index (Phi) is 2.55. The van der Waals surface area contributed by atoms with E-state index in [1.54, 1.807) is 0 Å². The molecule has 0 radical (unpaired) electrons. The Morgan fingerprint density at radius 1 is 1.31 bits per heavy atom. The zero-order chi connectivity index (χ0) is 10.1. The first-order valence-corrected chi connectivity index (χ1v) is 4.15. The molecule has 0 atom stereocenters. The van der Waals surface area contributed by atoms with E-state index in [-0.39, 0.29) is 11.2 Å². The van der Waals surface area contributed by atoms with Crippen molar-refractivity contribution in [1.29, 1.82) is 0 Å². The first-order chi connectivity index (χ1) is 5.96. The molecule has 0 aliphatic rings. The second-order valence-corrected chi connectivity index (χ2v) is 3.95. The predicted molar refractivity (Wildman–Crippen MR) is 49.4 cm³/mol. The van der Waals surface area contributed by atoms with Crippen LogP contribution in [0.3, 0.4) is 0 Å². The summed E-state index contributed by atoms with van der Waals surface area (Å²) in [6.07, 6.45) is 2.74. The molecular weight excluding hydrogens is 169 g/mol. The van der Waals surface area contributed by atoms with Crippen LogP contribution in [0, 0.1) is 5.82 Å². The molecule has 0 saturated carbocycles. The minimum absolute atomic E-state index is 0.266. The van der Waals surface area contributed by atoms with E-state index in [9.17, 15) is 4.39 Å². The van der Waals surface area contributed by atoms with E-state index >= 15 is 0 Å². The number of nitrogens with zero attached hydrogens (tertiary/aromatic N) is 1. The van der Waals surface area contributed by atoms with E-state index < -0.39 is 0 Å². The fraction of sp³-hybridized carbons (Fsp3) is 0.500. The molecule has 0 amide bonds. The van der Waals surface area contributed by atoms with Crippen LogP contribution in [0.1, 0.15) is 26.3 Å². The molecule has 1 rings (SSSR count). The third-order valence-electron chi connectivity index (χ3n) is 1.83. The number of ether oxygens (including phenoxy) is 1. The average Bonchev–Trinajstić information content (AvgIpc) is 2.01. The quantitative estimate of drug-likeness (QED) is 0.667. The summed E-state index contributed by atoms with van der Waals surface area (Å²) in [5.41, 5.74) is 0.309. The molecule has 0 spiro atoms. The van der Waals surface area contributed by atoms with E-state index in [4.69, 9.17) is 4.74 Å². The number of hydrogen-bond donors (Lipinski definition) is 0. The van der Waals surface area contributed by atoms with Crippen LogP contribution >= 0.6 is 0 Å². The van der Waals surface area contributed by atoms with Gasteiger partial charge in [0.1, 0.15) is 11.6 Å². The molecule has 0 saturated heterocycles. The normalized spacial score (nSPS) is 11.5. The Hall–Kier alpha value is -1.12. The minimum atomic E-state index is -0.313. The zero-order valence-electron chi connectivity index (χ0n) is 8.39. The van der Waals surface area contributed by atoms with Crippen LogP contribution in [0.15, 0.2) is 12.4 Å². The Balaban J connectivity index is 3.32. The average molecular weight is 183 g/mol. The number of halogens is 1. The number of rotatable bonds is 1. The SMILES string of the molecule is COc1cncc(F)c1C(C)(C)C. The van der Waals surface area contributed by atoms with Crippen LogP contribution in [-0.2, 0) is 5.41 Å². The van der Waals surface area contributed by atoms with Gasteiger partial charge in [0.05, 0.1) is 19.5 Å². The van der Waals surface area contributed by atoms with Crippen LogP contribution in [-0.4, -0.2) is 12.1 Å². The molecule has 72 valence electrons. The maximum Gasteiger partial charge on any atom is 0.148 e. The van der Waals surface area contributed by atoms with E-state index in [2.05, 4.69) is 4.98 Å². The predicted octanol–water partition coefficient (Wildman–Crippen LogP) is 2.53. The fourth-order valence-corrected chi connectivity index (χ4v) is 1.30. The largest absolute Gasteiger partial charge is 0.495 e. The molecule has 0 N–H and O–H groups in total. The summed E-state index contributed by atoms with van der Waals surface area (Å²) in [4.78, 5) is 3.73. The van der Waals surface area contributed by atoms with E-state index in [1.807, 2.05) is 20.8 Å². The number of methoxy groups -OCH3 is 1. The zero-order valence-corrected chi connectivity index (χ0v) is 8.39. The highest BCUT2D eigenvalue weighted by molar-refractivity contribution is 5.36. The lowest BCUT2D eigenvalue weighted by Gasteiger charge is -2.21. The molecule has 0 fully saturated rings. The topological polar surface area (TPSA) is 22.1 Å². The molecule has 3 heteroatoms. The van der Waals surface area contributed by atoms with Crippen molar-refractivity contribution in [1.82, 2.24) is 4.98 Å². The van der Waals surface area contributed by atoms with Crippen molar-refractivity contribution in [3.05, 3.63) is 23.8 Å². The van der Waals surface area contributed by atoms with Gasteiger partial charge < -0.3 is 4.74 Å². The molecule has 0 aliphatic heterocycles. The van der Waals surface area contributed by atoms with Gasteiger partial charge in [-0.2, -0.15) is 0 Å². The van der Waals surface area contributed by atoms with Crippen LogP contribution in [0.25, 0.3) is 0 Å². The van der Waals surface area contributed by atoms with Gasteiger partial charge in [-0.15, -0.1) is 0 Å². The monoisotopic (exact) mass is 183 g/mol. The van der Waals surface area contributed by atoms with Crippen LogP contribution in [0.5, 0.6) is 5.75 Å². The van der Waals surface area contributed by atoms with Gasteiger partial charge in [0.2, 0.25) is 0 Å². The molecule has 1 aromatic rings. The summed E-state index contributed by atoms with van der Waals surface area (Å²) in [5.74, 6) is 0.194. The number of aromatic nitrogens is 1. The maximum atomic E-state index is 13.4. The second kappa shape index (κ2) is 3.32. The molecule has 0 bridgehead atoms. The lowest BCUT2D eigenvalue weighted by atomic mass is 9.87. The molecule has 0 unspecified atom stereocenters. The van der Waals surface area contributed by atoms with E-state index in [1.165, 1.54) is 19.5 Å². The second-order valence-electron chi connectivity index (χ2n) is 3.95. The van der Waals surface area contributed by atoms with Gasteiger partial charge >= 0.3 is 0 Å². The van der Waals surface area contributed by atoms with Crippen molar-refractivity contribution >= 4 is 0 Å². The summed E-state index contributed by atoms with van der Waals surface area (Å²) in [7, 11) is 1.52. The van der Waals surface area contributed by atoms with Gasteiger partial charge in [-0.05, 0) is 5.41 Å². The summed E-state index contributed by atoms with van der Waals surface area (Å²) in [6.45, 7) is 5.82. The first-order valence-electron chi connectivity index (χ1n) is 4.15. The minimum Gasteiger partial charge on any atom is -0.495 e. The van der Waals surface area contributed by atoms with Gasteiger partial charge in [0, 0.05) is 5.56 Å². The highest BCUT2D eigenvalue weighted by atomic mass is 19.1. The Morgan fingerprint density at radius 2 is 1.92 bits per heavy atom. The van der Waals surface area contributed by atoms with Crippen LogP contribution in [0.4, 0.5) is 4.39 Å². The lowest BCUT2D eigenvalue weighted by molar-refractivity contribution is 0.385. The Labute approximate surface area is 77.8 Å². The van der Waals surface area contributed by atoms with Gasteiger partial charge in [-0.3, -0.25) is 4.98 Å². The van der Waals surface area contributed by atoms with E-state index in [0.29, 0.717) is 11.3 Å². The molecule has 0 aromatic carbocycles. The molecule has 0 aliphatic carbocycles. The van der Waals surface area contributed by atoms with Crippen molar-refractivity contribution in [2.75, 3.05) is 7.11 Å². The Bertz CT molecular complexity index is 304. The highest BCUT2D eigenvalue weighted by Crippen LogP contribution is 2.32. The first kappa shape index (κ1) is 9.96. The highest BCUT2D eigenvalue weighted by Gasteiger charge is 2.23. The summed E-state index contributed by atoms with van der Waals surface area (Å²) < 4.78 is 18.4. The van der Waals surface area contributed by atoms with Crippen molar-refractivity contribution in [2.45, 2.75) is 26.2 Å². The molecule has 1 aromatic heterocycles. The standard InChI is InChI=1S/C10H14FNO/c1-10(2,3)9-7(11)5-12-6-8(9)13-4/h5-6H,1-4H3. The van der Waals surface area contributed by atoms with Gasteiger partial charge in [0.25, 0.3) is 0 Å². The van der Waals surface area contributed by atoms with Crippen molar-refractivity contribution < 1.29 is 9.13 Å². The third-order valence-corrected chi connectivity index (χ3v) is 1.83. The number of pyridine rings is 1. The van der Waals surface area contributed by atoms with Crippen molar-refractivity contribution in [3.63, 3.8) is 0 Å². The summed E-state index contributed by atoms with van der Waals surface area (Å²) in [5, 5.41) is 0. The van der Waals surface area contributed by atoms with Gasteiger partial charge in [0.15, 0.2) is 0 Å². The van der Waals surface area contributed by atoms with Crippen LogP contribution < -0.4 is 4.74 Å². The smallest absolute Gasteiger partial charge is 0.148 e. The molecule has 13 heavy (non-hydrogen) atoms. The van der Waals surface area contributed by atoms with Crippen LogP contribution in [0.2, 0.25) is 0 Å². The van der Waals surface area contributed by atoms with Crippen molar-refractivity contribution in [2.24, 2.45) is 0 Å². The maximum absolute atomic E-state index is 13.4. The molecule has 2 nitrogen and oxygen atoms in total. The third kappa shape index (κ3) is 1.97. The summed E-state index contributed by atoms with van der Waals surface area (Å²) in [6, 6.07) is 0. The number of hydrogen-bond acceptors (Lipinski definition) is 2. The lowest BCUT2D eigenvalue weighted by Crippen LogP contribution is -2.15. The molecular formula is C10H14FNO. The van der Waals surface area contributed by atoms with E-state index in [0.717, 1.165) is 0 Å². The van der Waals surface area contributed by atoms with Gasteiger partial charge in [-0.1, -0.05) is 20.8 Å².